The maximum atomic E-state index is 12.8. The van der Waals surface area contributed by atoms with E-state index in [1.807, 2.05) is 13.8 Å². The first-order valence-corrected chi connectivity index (χ1v) is 9.73. The molecule has 1 amide bonds. The summed E-state index contributed by atoms with van der Waals surface area (Å²) in [6, 6.07) is 7.06. The first kappa shape index (κ1) is 19.7. The summed E-state index contributed by atoms with van der Waals surface area (Å²) in [5.74, 6) is 0.787. The van der Waals surface area contributed by atoms with Crippen LogP contribution in [-0.2, 0) is 4.79 Å². The number of thiocarbonyl (C=S) groups is 1. The summed E-state index contributed by atoms with van der Waals surface area (Å²) in [4.78, 5) is 18.8. The lowest BCUT2D eigenvalue weighted by Crippen LogP contribution is -2.27. The van der Waals surface area contributed by atoms with Gasteiger partial charge in [-0.05, 0) is 49.8 Å². The maximum Gasteiger partial charge on any atom is 0.270 e. The Hall–Kier alpha value is -2.09. The van der Waals surface area contributed by atoms with Crippen molar-refractivity contribution in [1.29, 1.82) is 0 Å². The molecular weight excluding hydrogens is 404 g/mol. The van der Waals surface area contributed by atoms with E-state index in [9.17, 15) is 4.79 Å². The van der Waals surface area contributed by atoms with Gasteiger partial charge in [-0.15, -0.1) is 0 Å². The molecule has 0 atom stereocenters. The fraction of sp³-hybridized carbons (Fsp3) is 0.211. The molecule has 2 aromatic rings. The Labute approximate surface area is 172 Å². The lowest BCUT2D eigenvalue weighted by molar-refractivity contribution is -0.113. The molecule has 1 aromatic carbocycles. The van der Waals surface area contributed by atoms with Crippen LogP contribution in [0.1, 0.15) is 19.4 Å². The molecule has 3 rings (SSSR count). The highest BCUT2D eigenvalue weighted by atomic mass is 35.5. The summed E-state index contributed by atoms with van der Waals surface area (Å²) >= 11 is 13.0. The molecule has 1 aliphatic rings. The van der Waals surface area contributed by atoms with Crippen LogP contribution >= 0.6 is 35.6 Å². The van der Waals surface area contributed by atoms with Crippen molar-refractivity contribution in [2.24, 2.45) is 0 Å². The number of hydrogen-bond acceptors (Lipinski definition) is 6. The summed E-state index contributed by atoms with van der Waals surface area (Å²) in [6.45, 7) is 3.82. The standard InChI is InChI=1S/C19H17ClN2O3S2/c1-11(2)25-17-14(20)7-12(8-15(17)24-3)9-16-18(23)22(19(26)27-16)13-5-4-6-21-10-13/h4-11H,1-3H3/b16-9-. The van der Waals surface area contributed by atoms with Gasteiger partial charge in [0.25, 0.3) is 5.91 Å². The average molecular weight is 421 g/mol. The Morgan fingerprint density at radius 2 is 2.15 bits per heavy atom. The van der Waals surface area contributed by atoms with Crippen LogP contribution in [-0.4, -0.2) is 28.4 Å². The molecule has 0 aliphatic carbocycles. The Morgan fingerprint density at radius 1 is 1.37 bits per heavy atom. The SMILES string of the molecule is COc1cc(/C=C2\SC(=S)N(c3cccnc3)C2=O)cc(Cl)c1OC(C)C. The predicted molar refractivity (Wildman–Crippen MR) is 114 cm³/mol. The molecule has 2 heterocycles. The second-order valence-corrected chi connectivity index (χ2v) is 8.01. The van der Waals surface area contributed by atoms with Crippen molar-refractivity contribution >= 4 is 57.6 Å². The largest absolute Gasteiger partial charge is 0.493 e. The van der Waals surface area contributed by atoms with Gasteiger partial charge in [0.2, 0.25) is 0 Å². The van der Waals surface area contributed by atoms with Gasteiger partial charge >= 0.3 is 0 Å². The highest BCUT2D eigenvalue weighted by Gasteiger charge is 2.33. The van der Waals surface area contributed by atoms with Crippen LogP contribution < -0.4 is 14.4 Å². The summed E-state index contributed by atoms with van der Waals surface area (Å²) in [7, 11) is 1.55. The van der Waals surface area contributed by atoms with E-state index in [0.717, 1.165) is 5.56 Å². The van der Waals surface area contributed by atoms with Gasteiger partial charge < -0.3 is 9.47 Å². The van der Waals surface area contributed by atoms with E-state index in [0.29, 0.717) is 31.4 Å². The van der Waals surface area contributed by atoms with Gasteiger partial charge in [0.15, 0.2) is 15.8 Å². The molecule has 1 aromatic heterocycles. The summed E-state index contributed by atoms with van der Waals surface area (Å²) < 4.78 is 11.6. The fourth-order valence-electron chi connectivity index (χ4n) is 2.50. The van der Waals surface area contributed by atoms with Gasteiger partial charge in [-0.3, -0.25) is 14.7 Å². The number of benzene rings is 1. The summed E-state index contributed by atoms with van der Waals surface area (Å²) in [5.41, 5.74) is 1.36. The van der Waals surface area contributed by atoms with E-state index in [2.05, 4.69) is 4.98 Å². The third kappa shape index (κ3) is 4.26. The smallest absolute Gasteiger partial charge is 0.270 e. The predicted octanol–water partition coefficient (Wildman–Crippen LogP) is 4.94. The number of thioether (sulfide) groups is 1. The van der Waals surface area contributed by atoms with Crippen molar-refractivity contribution in [3.05, 3.63) is 52.2 Å². The number of amides is 1. The lowest BCUT2D eigenvalue weighted by atomic mass is 10.1. The van der Waals surface area contributed by atoms with Crippen LogP contribution in [0.2, 0.25) is 5.02 Å². The lowest BCUT2D eigenvalue weighted by Gasteiger charge is -2.15. The van der Waals surface area contributed by atoms with Crippen molar-refractivity contribution in [3.8, 4) is 11.5 Å². The molecule has 0 N–H and O–H groups in total. The third-order valence-electron chi connectivity index (χ3n) is 3.60. The van der Waals surface area contributed by atoms with Crippen LogP contribution in [0.3, 0.4) is 0 Å². The van der Waals surface area contributed by atoms with Crippen LogP contribution in [0.25, 0.3) is 6.08 Å². The second kappa shape index (κ2) is 8.29. The second-order valence-electron chi connectivity index (χ2n) is 5.93. The van der Waals surface area contributed by atoms with Gasteiger partial charge in [-0.1, -0.05) is 35.6 Å². The number of aromatic nitrogens is 1. The zero-order chi connectivity index (χ0) is 19.6. The first-order valence-electron chi connectivity index (χ1n) is 8.13. The van der Waals surface area contributed by atoms with Crippen molar-refractivity contribution in [3.63, 3.8) is 0 Å². The van der Waals surface area contributed by atoms with Crippen molar-refractivity contribution in [2.45, 2.75) is 20.0 Å². The van der Waals surface area contributed by atoms with E-state index >= 15 is 0 Å². The average Bonchev–Trinajstić information content (AvgIpc) is 2.91. The van der Waals surface area contributed by atoms with Crippen molar-refractivity contribution in [2.75, 3.05) is 12.0 Å². The Kier molecular flexibility index (Phi) is 6.04. The van der Waals surface area contributed by atoms with Gasteiger partial charge in [-0.2, -0.15) is 0 Å². The van der Waals surface area contributed by atoms with Crippen LogP contribution in [0.5, 0.6) is 11.5 Å². The number of carbonyl (C=O) groups is 1. The van der Waals surface area contributed by atoms with E-state index < -0.39 is 0 Å². The van der Waals surface area contributed by atoms with Crippen LogP contribution in [0.4, 0.5) is 5.69 Å². The number of nitrogens with zero attached hydrogens (tertiary/aromatic N) is 2. The van der Waals surface area contributed by atoms with Crippen molar-refractivity contribution in [1.82, 2.24) is 4.98 Å². The number of rotatable bonds is 5. The molecular formula is C19H17ClN2O3S2. The topological polar surface area (TPSA) is 51.7 Å². The number of anilines is 1. The molecule has 140 valence electrons. The number of carbonyl (C=O) groups excluding carboxylic acids is 1. The molecule has 8 heteroatoms. The highest BCUT2D eigenvalue weighted by Crippen LogP contribution is 2.40. The Morgan fingerprint density at radius 3 is 2.78 bits per heavy atom. The number of methoxy groups -OCH3 is 1. The molecule has 5 nitrogen and oxygen atoms in total. The highest BCUT2D eigenvalue weighted by molar-refractivity contribution is 8.27. The molecule has 0 unspecified atom stereocenters. The van der Waals surface area contributed by atoms with Gasteiger partial charge in [-0.25, -0.2) is 0 Å². The van der Waals surface area contributed by atoms with Gasteiger partial charge in [0.1, 0.15) is 0 Å². The third-order valence-corrected chi connectivity index (χ3v) is 5.18. The van der Waals surface area contributed by atoms with E-state index in [-0.39, 0.29) is 12.0 Å². The zero-order valence-corrected chi connectivity index (χ0v) is 17.3. The van der Waals surface area contributed by atoms with Crippen LogP contribution in [0.15, 0.2) is 41.6 Å². The molecule has 27 heavy (non-hydrogen) atoms. The molecule has 1 saturated heterocycles. The maximum absolute atomic E-state index is 12.8. The zero-order valence-electron chi connectivity index (χ0n) is 14.9. The minimum absolute atomic E-state index is 0.0435. The number of ether oxygens (including phenoxy) is 2. The Balaban J connectivity index is 1.94. The number of pyridine rings is 1. The Bertz CT molecular complexity index is 917. The molecule has 0 radical (unpaired) electrons. The van der Waals surface area contributed by atoms with E-state index in [1.54, 1.807) is 49.8 Å². The quantitative estimate of drug-likeness (QED) is 0.504. The minimum atomic E-state index is -0.199. The molecule has 0 spiro atoms. The summed E-state index contributed by atoms with van der Waals surface area (Å²) in [6.07, 6.45) is 4.94. The minimum Gasteiger partial charge on any atom is -0.493 e. The van der Waals surface area contributed by atoms with Crippen molar-refractivity contribution < 1.29 is 14.3 Å². The number of halogens is 1. The van der Waals surface area contributed by atoms with Crippen LogP contribution in [0, 0.1) is 0 Å². The van der Waals surface area contributed by atoms with Gasteiger partial charge in [0.05, 0.1) is 35.0 Å². The molecule has 0 bridgehead atoms. The first-order chi connectivity index (χ1) is 12.9. The van der Waals surface area contributed by atoms with E-state index in [4.69, 9.17) is 33.3 Å². The fourth-order valence-corrected chi connectivity index (χ4v) is 4.06. The molecule has 1 aliphatic heterocycles. The molecule has 0 saturated carbocycles. The monoisotopic (exact) mass is 420 g/mol. The van der Waals surface area contributed by atoms with Gasteiger partial charge in [0, 0.05) is 6.20 Å². The van der Waals surface area contributed by atoms with E-state index in [1.165, 1.54) is 16.7 Å². The summed E-state index contributed by atoms with van der Waals surface area (Å²) in [5, 5.41) is 0.414. The molecule has 1 fully saturated rings. The number of hydrogen-bond donors (Lipinski definition) is 0. The normalized spacial score (nSPS) is 15.7.